The van der Waals surface area contributed by atoms with Gasteiger partial charge in [0.2, 0.25) is 0 Å². The number of nitrogens with zero attached hydrogens (tertiary/aromatic N) is 4. The molecule has 0 atom stereocenters. The number of benzene rings is 2. The predicted molar refractivity (Wildman–Crippen MR) is 147 cm³/mol. The second-order valence-corrected chi connectivity index (χ2v) is 11.3. The monoisotopic (exact) mass is 538 g/mol. The highest BCUT2D eigenvalue weighted by Gasteiger charge is 2.31. The average Bonchev–Trinajstić information content (AvgIpc) is 3.09. The highest BCUT2D eigenvalue weighted by Crippen LogP contribution is 2.40. The molecule has 2 aliphatic rings. The van der Waals surface area contributed by atoms with Crippen LogP contribution >= 0.6 is 0 Å². The summed E-state index contributed by atoms with van der Waals surface area (Å²) in [4.78, 5) is 14.4. The summed E-state index contributed by atoms with van der Waals surface area (Å²) in [5, 5.41) is 0. The van der Waals surface area contributed by atoms with Crippen LogP contribution in [0.2, 0.25) is 0 Å². The molecule has 1 aromatic heterocycles. The quantitative estimate of drug-likeness (QED) is 0.381. The van der Waals surface area contributed by atoms with Crippen LogP contribution in [0.3, 0.4) is 0 Å². The summed E-state index contributed by atoms with van der Waals surface area (Å²) in [6.45, 7) is 4.20. The van der Waals surface area contributed by atoms with E-state index in [4.69, 9.17) is 24.2 Å². The molecule has 1 aliphatic heterocycles. The van der Waals surface area contributed by atoms with Crippen molar-refractivity contribution < 1.29 is 23.0 Å². The molecule has 2 heterocycles. The van der Waals surface area contributed by atoms with Gasteiger partial charge in [-0.3, -0.25) is 0 Å². The number of hydrogen-bond acceptors (Lipinski definition) is 7. The van der Waals surface area contributed by atoms with E-state index in [9.17, 15) is 8.78 Å². The Morgan fingerprint density at radius 2 is 1.85 bits per heavy atom. The Bertz CT molecular complexity index is 1350. The van der Waals surface area contributed by atoms with Gasteiger partial charge in [0.15, 0.2) is 11.5 Å². The number of hydrogen-bond donors (Lipinski definition) is 0. The zero-order valence-corrected chi connectivity index (χ0v) is 23.3. The van der Waals surface area contributed by atoms with E-state index in [1.165, 1.54) is 12.7 Å². The summed E-state index contributed by atoms with van der Waals surface area (Å²) >= 11 is 0. The molecule has 9 heteroatoms. The van der Waals surface area contributed by atoms with E-state index in [0.717, 1.165) is 59.0 Å². The van der Waals surface area contributed by atoms with Crippen molar-refractivity contribution in [2.75, 3.05) is 39.3 Å². The molecule has 0 saturated heterocycles. The first-order valence-corrected chi connectivity index (χ1v) is 13.3. The molecule has 0 saturated carbocycles. The minimum atomic E-state index is -2.94. The van der Waals surface area contributed by atoms with Crippen molar-refractivity contribution in [1.29, 1.82) is 0 Å². The van der Waals surface area contributed by atoms with E-state index in [2.05, 4.69) is 29.7 Å². The average molecular weight is 539 g/mol. The minimum Gasteiger partial charge on any atom is -0.493 e. The Balaban J connectivity index is 1.51. The second kappa shape index (κ2) is 11.0. The fraction of sp³-hybridized carbons (Fsp3) is 0.467. The van der Waals surface area contributed by atoms with Gasteiger partial charge in [-0.2, -0.15) is 8.78 Å². The van der Waals surface area contributed by atoms with Gasteiger partial charge in [-0.15, -0.1) is 0 Å². The fourth-order valence-electron chi connectivity index (χ4n) is 5.39. The molecule has 3 aromatic rings. The lowest BCUT2D eigenvalue weighted by Gasteiger charge is -2.34. The number of halogens is 2. The topological polar surface area (TPSA) is 60.0 Å². The van der Waals surface area contributed by atoms with E-state index < -0.39 is 6.61 Å². The maximum atomic E-state index is 13.0. The van der Waals surface area contributed by atoms with Gasteiger partial charge in [0.1, 0.15) is 24.0 Å². The van der Waals surface area contributed by atoms with Gasteiger partial charge < -0.3 is 24.0 Å². The normalized spacial score (nSPS) is 16.4. The van der Waals surface area contributed by atoms with Crippen molar-refractivity contribution in [3.63, 3.8) is 0 Å². The lowest BCUT2D eigenvalue weighted by Crippen LogP contribution is -2.32. The predicted octanol–water partition coefficient (Wildman–Crippen LogP) is 5.73. The van der Waals surface area contributed by atoms with Gasteiger partial charge in [-0.05, 0) is 74.2 Å². The van der Waals surface area contributed by atoms with E-state index in [1.807, 2.05) is 32.3 Å². The van der Waals surface area contributed by atoms with E-state index in [1.54, 1.807) is 12.1 Å². The maximum Gasteiger partial charge on any atom is 0.387 e. The standard InChI is InChI=1S/C30H36F2N4O3/c1-30(2)11-10-23-22(16-30)28(34-27(33-23)18-35(3)4)36-12-13-38-24-8-6-19(14-21(24)17-36)20-7-9-25(37-5)26(15-20)39-29(31)32/h6-9,14-15,29H,10-13,16-18H2,1-5H3. The van der Waals surface area contributed by atoms with Gasteiger partial charge in [0, 0.05) is 23.4 Å². The Morgan fingerprint density at radius 1 is 1.08 bits per heavy atom. The van der Waals surface area contributed by atoms with Crippen LogP contribution in [0.25, 0.3) is 11.1 Å². The number of alkyl halides is 2. The summed E-state index contributed by atoms with van der Waals surface area (Å²) in [6.07, 6.45) is 2.99. The smallest absolute Gasteiger partial charge is 0.387 e. The van der Waals surface area contributed by atoms with Crippen molar-refractivity contribution in [2.45, 2.75) is 52.8 Å². The first-order chi connectivity index (χ1) is 18.6. The Morgan fingerprint density at radius 3 is 2.59 bits per heavy atom. The molecule has 0 amide bonds. The van der Waals surface area contributed by atoms with Crippen LogP contribution in [-0.4, -0.2) is 55.8 Å². The maximum absolute atomic E-state index is 13.0. The van der Waals surface area contributed by atoms with Gasteiger partial charge in [-0.25, -0.2) is 9.97 Å². The van der Waals surface area contributed by atoms with Crippen LogP contribution in [-0.2, 0) is 25.9 Å². The van der Waals surface area contributed by atoms with Gasteiger partial charge >= 0.3 is 6.61 Å². The summed E-state index contributed by atoms with van der Waals surface area (Å²) in [6, 6.07) is 11.0. The van der Waals surface area contributed by atoms with Gasteiger partial charge in [-0.1, -0.05) is 26.0 Å². The largest absolute Gasteiger partial charge is 0.493 e. The molecule has 2 aromatic carbocycles. The lowest BCUT2D eigenvalue weighted by atomic mass is 9.76. The SMILES string of the molecule is COc1ccc(-c2ccc3c(c2)CN(c2nc(CN(C)C)nc4c2CC(C)(C)CC4)CCO3)cc1OC(F)F. The van der Waals surface area contributed by atoms with Crippen molar-refractivity contribution >= 4 is 5.82 Å². The number of ether oxygens (including phenoxy) is 3. The second-order valence-electron chi connectivity index (χ2n) is 11.3. The number of fused-ring (bicyclic) bond motifs is 2. The Labute approximate surface area is 228 Å². The minimum absolute atomic E-state index is 0.00136. The summed E-state index contributed by atoms with van der Waals surface area (Å²) in [5.74, 6) is 2.89. The van der Waals surface area contributed by atoms with Gasteiger partial charge in [0.05, 0.1) is 20.2 Å². The Kier molecular flexibility index (Phi) is 7.62. The molecule has 0 bridgehead atoms. The number of aromatic nitrogens is 2. The molecule has 0 spiro atoms. The number of anilines is 1. The van der Waals surface area contributed by atoms with Crippen LogP contribution in [0, 0.1) is 5.41 Å². The molecule has 0 fully saturated rings. The van der Waals surface area contributed by atoms with Gasteiger partial charge in [0.25, 0.3) is 0 Å². The lowest BCUT2D eigenvalue weighted by molar-refractivity contribution is -0.0511. The summed E-state index contributed by atoms with van der Waals surface area (Å²) in [5.41, 5.74) is 5.21. The van der Waals surface area contributed by atoms with Crippen LogP contribution < -0.4 is 19.1 Å². The molecular weight excluding hydrogens is 502 g/mol. The molecule has 39 heavy (non-hydrogen) atoms. The highest BCUT2D eigenvalue weighted by atomic mass is 19.3. The van der Waals surface area contributed by atoms with E-state index in [0.29, 0.717) is 26.2 Å². The molecular formula is C30H36F2N4O3. The van der Waals surface area contributed by atoms with Crippen LogP contribution in [0.15, 0.2) is 36.4 Å². The molecule has 1 aliphatic carbocycles. The number of aryl methyl sites for hydroxylation is 1. The number of rotatable bonds is 7. The molecule has 7 nitrogen and oxygen atoms in total. The summed E-state index contributed by atoms with van der Waals surface area (Å²) < 4.78 is 42.1. The first kappa shape index (κ1) is 27.1. The van der Waals surface area contributed by atoms with Crippen LogP contribution in [0.1, 0.15) is 42.9 Å². The molecule has 0 radical (unpaired) electrons. The third-order valence-corrected chi connectivity index (χ3v) is 7.32. The fourth-order valence-corrected chi connectivity index (χ4v) is 5.39. The molecule has 0 unspecified atom stereocenters. The third kappa shape index (κ3) is 6.08. The van der Waals surface area contributed by atoms with Crippen molar-refractivity contribution in [3.8, 4) is 28.4 Å². The van der Waals surface area contributed by atoms with Crippen molar-refractivity contribution in [1.82, 2.24) is 14.9 Å². The Hall–Kier alpha value is -3.46. The van der Waals surface area contributed by atoms with Crippen molar-refractivity contribution in [3.05, 3.63) is 59.0 Å². The zero-order valence-electron chi connectivity index (χ0n) is 23.3. The van der Waals surface area contributed by atoms with Crippen molar-refractivity contribution in [2.24, 2.45) is 5.41 Å². The third-order valence-electron chi connectivity index (χ3n) is 7.32. The van der Waals surface area contributed by atoms with E-state index >= 15 is 0 Å². The molecule has 0 N–H and O–H groups in total. The summed E-state index contributed by atoms with van der Waals surface area (Å²) in [7, 11) is 5.48. The van der Waals surface area contributed by atoms with Crippen LogP contribution in [0.5, 0.6) is 17.2 Å². The van der Waals surface area contributed by atoms with Crippen LogP contribution in [0.4, 0.5) is 14.6 Å². The zero-order chi connectivity index (χ0) is 27.7. The number of methoxy groups -OCH3 is 1. The van der Waals surface area contributed by atoms with E-state index in [-0.39, 0.29) is 16.9 Å². The highest BCUT2D eigenvalue weighted by molar-refractivity contribution is 5.69. The molecule has 5 rings (SSSR count). The molecule has 208 valence electrons. The first-order valence-electron chi connectivity index (χ1n) is 13.3.